The molecule has 0 bridgehead atoms. The number of carbonyl (C=O) groups is 2. The number of amides is 1. The molecule has 1 aliphatic heterocycles. The molecule has 3 rings (SSSR count). The summed E-state index contributed by atoms with van der Waals surface area (Å²) in [6, 6.07) is 13.2. The summed E-state index contributed by atoms with van der Waals surface area (Å²) in [5, 5.41) is 9.05. The summed E-state index contributed by atoms with van der Waals surface area (Å²) in [5.74, 6) is -0.690. The van der Waals surface area contributed by atoms with Crippen LogP contribution in [0.1, 0.15) is 38.5 Å². The number of pyridine rings is 1. The third kappa shape index (κ3) is 3.45. The van der Waals surface area contributed by atoms with E-state index < -0.39 is 5.97 Å². The second-order valence-electron chi connectivity index (χ2n) is 6.23. The first-order valence-corrected chi connectivity index (χ1v) is 8.08. The van der Waals surface area contributed by atoms with Crippen LogP contribution in [0.25, 0.3) is 0 Å². The zero-order valence-corrected chi connectivity index (χ0v) is 13.6. The number of carbonyl (C=O) groups excluding carboxylic acids is 1. The Morgan fingerprint density at radius 3 is 2.62 bits per heavy atom. The molecule has 0 saturated carbocycles. The summed E-state index contributed by atoms with van der Waals surface area (Å²) in [4.78, 5) is 29.6. The summed E-state index contributed by atoms with van der Waals surface area (Å²) >= 11 is 0. The van der Waals surface area contributed by atoms with Gasteiger partial charge in [0.25, 0.3) is 5.91 Å². The van der Waals surface area contributed by atoms with Gasteiger partial charge in [0.05, 0.1) is 11.3 Å². The van der Waals surface area contributed by atoms with Crippen LogP contribution in [0, 0.1) is 12.8 Å². The van der Waals surface area contributed by atoms with Crippen molar-refractivity contribution in [3.63, 3.8) is 0 Å². The lowest BCUT2D eigenvalue weighted by atomic mass is 9.99. The Hall–Kier alpha value is -2.69. The number of aromatic nitrogens is 1. The van der Waals surface area contributed by atoms with Gasteiger partial charge in [-0.3, -0.25) is 4.79 Å². The molecule has 5 heteroatoms. The Bertz CT molecular complexity index is 758. The summed E-state index contributed by atoms with van der Waals surface area (Å²) < 4.78 is 0. The van der Waals surface area contributed by atoms with E-state index in [0.29, 0.717) is 17.3 Å². The molecule has 0 aliphatic carbocycles. The normalized spacial score (nSPS) is 17.0. The molecule has 1 atom stereocenters. The van der Waals surface area contributed by atoms with Gasteiger partial charge in [0.2, 0.25) is 0 Å². The number of carboxylic acid groups (broad SMARTS) is 1. The number of hydrogen-bond donors (Lipinski definition) is 1. The van der Waals surface area contributed by atoms with Gasteiger partial charge in [-0.1, -0.05) is 30.3 Å². The SMILES string of the molecule is Cc1nc(C(=O)N2CCC(Cc3ccccc3)C2)ccc1C(=O)O. The molecule has 1 aromatic carbocycles. The smallest absolute Gasteiger partial charge is 0.337 e. The van der Waals surface area contributed by atoms with Crippen LogP contribution in [0.15, 0.2) is 42.5 Å². The Morgan fingerprint density at radius 1 is 1.21 bits per heavy atom. The summed E-state index contributed by atoms with van der Waals surface area (Å²) in [7, 11) is 0. The van der Waals surface area contributed by atoms with Crippen molar-refractivity contribution in [3.8, 4) is 0 Å². The Balaban J connectivity index is 1.66. The number of carboxylic acids is 1. The van der Waals surface area contributed by atoms with Crippen LogP contribution in [0.2, 0.25) is 0 Å². The lowest BCUT2D eigenvalue weighted by molar-refractivity contribution is 0.0693. The maximum atomic E-state index is 12.6. The van der Waals surface area contributed by atoms with Crippen molar-refractivity contribution in [2.24, 2.45) is 5.92 Å². The molecule has 1 amide bonds. The highest BCUT2D eigenvalue weighted by molar-refractivity contribution is 5.94. The second kappa shape index (κ2) is 6.83. The molecule has 1 N–H and O–H groups in total. The van der Waals surface area contributed by atoms with Crippen molar-refractivity contribution in [1.29, 1.82) is 0 Å². The maximum absolute atomic E-state index is 12.6. The van der Waals surface area contributed by atoms with Gasteiger partial charge in [-0.2, -0.15) is 0 Å². The average Bonchev–Trinajstić information content (AvgIpc) is 3.03. The highest BCUT2D eigenvalue weighted by Gasteiger charge is 2.28. The van der Waals surface area contributed by atoms with Crippen LogP contribution in [-0.2, 0) is 6.42 Å². The fourth-order valence-corrected chi connectivity index (χ4v) is 3.20. The molecule has 24 heavy (non-hydrogen) atoms. The van der Waals surface area contributed by atoms with Crippen molar-refractivity contribution in [1.82, 2.24) is 9.88 Å². The Kier molecular flexibility index (Phi) is 4.60. The summed E-state index contributed by atoms with van der Waals surface area (Å²) in [5.41, 5.74) is 2.11. The van der Waals surface area contributed by atoms with E-state index in [1.54, 1.807) is 6.92 Å². The maximum Gasteiger partial charge on any atom is 0.337 e. The highest BCUT2D eigenvalue weighted by atomic mass is 16.4. The lowest BCUT2D eigenvalue weighted by Crippen LogP contribution is -2.30. The Morgan fingerprint density at radius 2 is 1.96 bits per heavy atom. The zero-order chi connectivity index (χ0) is 17.1. The van der Waals surface area contributed by atoms with E-state index in [-0.39, 0.29) is 11.5 Å². The minimum absolute atomic E-state index is 0.120. The molecule has 1 aromatic heterocycles. The number of benzene rings is 1. The average molecular weight is 324 g/mol. The van der Waals surface area contributed by atoms with E-state index in [2.05, 4.69) is 17.1 Å². The van der Waals surface area contributed by atoms with Crippen LogP contribution >= 0.6 is 0 Å². The van der Waals surface area contributed by atoms with E-state index in [9.17, 15) is 9.59 Å². The van der Waals surface area contributed by atoms with E-state index in [1.165, 1.54) is 17.7 Å². The monoisotopic (exact) mass is 324 g/mol. The van der Waals surface area contributed by atoms with E-state index >= 15 is 0 Å². The fourth-order valence-electron chi connectivity index (χ4n) is 3.20. The van der Waals surface area contributed by atoms with Gasteiger partial charge < -0.3 is 10.0 Å². The van der Waals surface area contributed by atoms with Crippen LogP contribution in [0.5, 0.6) is 0 Å². The van der Waals surface area contributed by atoms with Crippen molar-refractivity contribution in [2.45, 2.75) is 19.8 Å². The quantitative estimate of drug-likeness (QED) is 0.939. The number of rotatable bonds is 4. The van der Waals surface area contributed by atoms with Crippen molar-refractivity contribution in [3.05, 3.63) is 65.0 Å². The first-order valence-electron chi connectivity index (χ1n) is 8.08. The predicted octanol–water partition coefficient (Wildman–Crippen LogP) is 2.79. The number of hydrogen-bond acceptors (Lipinski definition) is 3. The third-order valence-corrected chi connectivity index (χ3v) is 4.48. The fraction of sp³-hybridized carbons (Fsp3) is 0.316. The predicted molar refractivity (Wildman–Crippen MR) is 90.1 cm³/mol. The van der Waals surface area contributed by atoms with E-state index in [1.807, 2.05) is 23.1 Å². The van der Waals surface area contributed by atoms with Gasteiger partial charge in [0, 0.05) is 13.1 Å². The number of aromatic carboxylic acids is 1. The minimum Gasteiger partial charge on any atom is -0.478 e. The standard InChI is InChI=1S/C19H20N2O3/c1-13-16(19(23)24)7-8-17(20-13)18(22)21-10-9-15(12-21)11-14-5-3-2-4-6-14/h2-8,15H,9-12H2,1H3,(H,23,24). The summed E-state index contributed by atoms with van der Waals surface area (Å²) in [6.07, 6.45) is 1.95. The van der Waals surface area contributed by atoms with Crippen LogP contribution in [0.3, 0.4) is 0 Å². The van der Waals surface area contributed by atoms with Crippen LogP contribution in [0.4, 0.5) is 0 Å². The zero-order valence-electron chi connectivity index (χ0n) is 13.6. The molecule has 1 unspecified atom stereocenters. The first kappa shape index (κ1) is 16.2. The molecule has 0 spiro atoms. The first-order chi connectivity index (χ1) is 11.5. The van der Waals surface area contributed by atoms with Crippen molar-refractivity contribution < 1.29 is 14.7 Å². The molecule has 2 aromatic rings. The molecule has 124 valence electrons. The molecule has 0 radical (unpaired) electrons. The molecule has 1 saturated heterocycles. The van der Waals surface area contributed by atoms with E-state index in [0.717, 1.165) is 25.9 Å². The van der Waals surface area contributed by atoms with Crippen LogP contribution in [-0.4, -0.2) is 40.0 Å². The third-order valence-electron chi connectivity index (χ3n) is 4.48. The lowest BCUT2D eigenvalue weighted by Gasteiger charge is -2.16. The molecule has 5 nitrogen and oxygen atoms in total. The van der Waals surface area contributed by atoms with Gasteiger partial charge in [-0.25, -0.2) is 9.78 Å². The minimum atomic E-state index is -1.02. The molecular formula is C19H20N2O3. The molecule has 2 heterocycles. The van der Waals surface area contributed by atoms with Crippen molar-refractivity contribution >= 4 is 11.9 Å². The number of likely N-dealkylation sites (tertiary alicyclic amines) is 1. The van der Waals surface area contributed by atoms with Gasteiger partial charge in [-0.05, 0) is 43.4 Å². The highest BCUT2D eigenvalue weighted by Crippen LogP contribution is 2.22. The second-order valence-corrected chi connectivity index (χ2v) is 6.23. The topological polar surface area (TPSA) is 70.5 Å². The van der Waals surface area contributed by atoms with Gasteiger partial charge in [0.1, 0.15) is 5.69 Å². The number of aryl methyl sites for hydroxylation is 1. The molecule has 1 aliphatic rings. The van der Waals surface area contributed by atoms with Gasteiger partial charge in [-0.15, -0.1) is 0 Å². The summed E-state index contributed by atoms with van der Waals surface area (Å²) in [6.45, 7) is 3.05. The van der Waals surface area contributed by atoms with Gasteiger partial charge >= 0.3 is 5.97 Å². The van der Waals surface area contributed by atoms with Crippen LogP contribution < -0.4 is 0 Å². The number of nitrogens with zero attached hydrogens (tertiary/aromatic N) is 2. The van der Waals surface area contributed by atoms with E-state index in [4.69, 9.17) is 5.11 Å². The molecule has 1 fully saturated rings. The molecular weight excluding hydrogens is 304 g/mol. The largest absolute Gasteiger partial charge is 0.478 e. The Labute approximate surface area is 140 Å². The van der Waals surface area contributed by atoms with Gasteiger partial charge in [0.15, 0.2) is 0 Å². The van der Waals surface area contributed by atoms with Crippen molar-refractivity contribution in [2.75, 3.05) is 13.1 Å².